The quantitative estimate of drug-likeness (QED) is 0.904. The summed E-state index contributed by atoms with van der Waals surface area (Å²) in [5, 5.41) is 3.03. The van der Waals surface area contributed by atoms with Crippen molar-refractivity contribution in [2.75, 3.05) is 0 Å². The van der Waals surface area contributed by atoms with E-state index in [1.807, 2.05) is 6.92 Å². The van der Waals surface area contributed by atoms with Crippen molar-refractivity contribution in [2.45, 2.75) is 45.1 Å². The van der Waals surface area contributed by atoms with E-state index in [1.165, 1.54) is 42.5 Å². The molecule has 2 aromatic rings. The zero-order valence-electron chi connectivity index (χ0n) is 13.4. The van der Waals surface area contributed by atoms with Gasteiger partial charge in [0.15, 0.2) is 0 Å². The van der Waals surface area contributed by atoms with Crippen LogP contribution in [-0.2, 0) is 24.1 Å². The normalized spacial score (nSPS) is 14.9. The van der Waals surface area contributed by atoms with E-state index in [0.29, 0.717) is 0 Å². The zero-order valence-corrected chi connectivity index (χ0v) is 13.4. The van der Waals surface area contributed by atoms with E-state index in [9.17, 15) is 9.18 Å². The van der Waals surface area contributed by atoms with Gasteiger partial charge in [0.1, 0.15) is 5.82 Å². The second-order valence-corrected chi connectivity index (χ2v) is 6.33. The lowest BCUT2D eigenvalue weighted by Gasteiger charge is -2.20. The van der Waals surface area contributed by atoms with Gasteiger partial charge in [0.05, 0.1) is 12.5 Å². The molecule has 0 saturated carbocycles. The topological polar surface area (TPSA) is 29.1 Å². The van der Waals surface area contributed by atoms with Crippen LogP contribution in [0.5, 0.6) is 0 Å². The fraction of sp³-hybridized carbons (Fsp3) is 0.350. The van der Waals surface area contributed by atoms with Crippen molar-refractivity contribution < 1.29 is 9.18 Å². The highest BCUT2D eigenvalue weighted by Gasteiger charge is 2.14. The van der Waals surface area contributed by atoms with E-state index in [4.69, 9.17) is 0 Å². The van der Waals surface area contributed by atoms with E-state index < -0.39 is 0 Å². The third-order valence-electron chi connectivity index (χ3n) is 4.53. The SMILES string of the molecule is C[C@@H](NC(=O)Cc1ccc(F)cc1)c1ccc2c(c1)CCCC2. The van der Waals surface area contributed by atoms with Gasteiger partial charge in [-0.05, 0) is 67.0 Å². The summed E-state index contributed by atoms with van der Waals surface area (Å²) < 4.78 is 12.9. The molecule has 3 rings (SSSR count). The van der Waals surface area contributed by atoms with Crippen LogP contribution in [0.15, 0.2) is 42.5 Å². The largest absolute Gasteiger partial charge is 0.349 e. The third kappa shape index (κ3) is 3.98. The molecule has 0 bridgehead atoms. The molecule has 1 aliphatic rings. The second-order valence-electron chi connectivity index (χ2n) is 6.33. The van der Waals surface area contributed by atoms with Gasteiger partial charge < -0.3 is 5.32 Å². The molecule has 0 fully saturated rings. The van der Waals surface area contributed by atoms with Crippen molar-refractivity contribution in [1.29, 1.82) is 0 Å². The van der Waals surface area contributed by atoms with Crippen LogP contribution in [0.2, 0.25) is 0 Å². The van der Waals surface area contributed by atoms with Gasteiger partial charge in [-0.15, -0.1) is 0 Å². The summed E-state index contributed by atoms with van der Waals surface area (Å²) in [6, 6.07) is 12.6. The molecule has 0 spiro atoms. The Bertz CT molecular complexity index is 693. The van der Waals surface area contributed by atoms with Gasteiger partial charge >= 0.3 is 0 Å². The van der Waals surface area contributed by atoms with Gasteiger partial charge in [-0.3, -0.25) is 4.79 Å². The van der Waals surface area contributed by atoms with E-state index in [-0.39, 0.29) is 24.2 Å². The minimum atomic E-state index is -0.281. The van der Waals surface area contributed by atoms with E-state index >= 15 is 0 Å². The van der Waals surface area contributed by atoms with Crippen molar-refractivity contribution >= 4 is 5.91 Å². The zero-order chi connectivity index (χ0) is 16.2. The number of carbonyl (C=O) groups is 1. The Balaban J connectivity index is 1.63. The smallest absolute Gasteiger partial charge is 0.224 e. The van der Waals surface area contributed by atoms with Gasteiger partial charge in [0.25, 0.3) is 0 Å². The monoisotopic (exact) mass is 311 g/mol. The van der Waals surface area contributed by atoms with E-state index in [2.05, 4.69) is 23.5 Å². The van der Waals surface area contributed by atoms with Crippen LogP contribution in [0.1, 0.15) is 48.1 Å². The summed E-state index contributed by atoms with van der Waals surface area (Å²) in [5.74, 6) is -0.321. The molecule has 0 saturated heterocycles. The molecule has 3 heteroatoms. The van der Waals surface area contributed by atoms with Gasteiger partial charge in [0.2, 0.25) is 5.91 Å². The van der Waals surface area contributed by atoms with Crippen molar-refractivity contribution in [2.24, 2.45) is 0 Å². The van der Waals surface area contributed by atoms with Crippen molar-refractivity contribution in [3.8, 4) is 0 Å². The van der Waals surface area contributed by atoms with Gasteiger partial charge in [0, 0.05) is 0 Å². The number of carbonyl (C=O) groups excluding carboxylic acids is 1. The number of rotatable bonds is 4. The maximum Gasteiger partial charge on any atom is 0.224 e. The molecule has 0 heterocycles. The van der Waals surface area contributed by atoms with Crippen LogP contribution in [0.25, 0.3) is 0 Å². The number of fused-ring (bicyclic) bond motifs is 1. The van der Waals surface area contributed by atoms with Gasteiger partial charge in [-0.25, -0.2) is 4.39 Å². The summed E-state index contributed by atoms with van der Waals surface area (Å²) in [4.78, 5) is 12.2. The van der Waals surface area contributed by atoms with Crippen LogP contribution < -0.4 is 5.32 Å². The fourth-order valence-electron chi connectivity index (χ4n) is 3.19. The van der Waals surface area contributed by atoms with Gasteiger partial charge in [-0.2, -0.15) is 0 Å². The van der Waals surface area contributed by atoms with Crippen molar-refractivity contribution in [3.63, 3.8) is 0 Å². The molecule has 0 radical (unpaired) electrons. The number of aryl methyl sites for hydroxylation is 2. The summed E-state index contributed by atoms with van der Waals surface area (Å²) >= 11 is 0. The standard InChI is InChI=1S/C20H22FNO/c1-14(17-9-8-16-4-2-3-5-18(16)13-17)22-20(23)12-15-6-10-19(21)11-7-15/h6-11,13-14H,2-5,12H2,1H3,(H,22,23)/t14-/m1/s1. The molecule has 1 amide bonds. The molecular formula is C20H22FNO. The number of hydrogen-bond donors (Lipinski definition) is 1. The highest BCUT2D eigenvalue weighted by molar-refractivity contribution is 5.79. The first-order valence-corrected chi connectivity index (χ1v) is 8.27. The van der Waals surface area contributed by atoms with Crippen LogP contribution in [0, 0.1) is 5.82 Å². The minimum Gasteiger partial charge on any atom is -0.349 e. The van der Waals surface area contributed by atoms with Gasteiger partial charge in [-0.1, -0.05) is 30.3 Å². The Morgan fingerprint density at radius 3 is 2.52 bits per heavy atom. The number of halogens is 1. The lowest BCUT2D eigenvalue weighted by atomic mass is 9.89. The summed E-state index contributed by atoms with van der Waals surface area (Å²) in [6.45, 7) is 2.01. The summed E-state index contributed by atoms with van der Waals surface area (Å²) in [5.41, 5.74) is 4.85. The van der Waals surface area contributed by atoms with E-state index in [1.54, 1.807) is 12.1 Å². The lowest BCUT2D eigenvalue weighted by molar-refractivity contribution is -0.121. The molecular weight excluding hydrogens is 289 g/mol. The maximum absolute atomic E-state index is 12.9. The predicted molar refractivity (Wildman–Crippen MR) is 89.7 cm³/mol. The molecule has 1 atom stereocenters. The Morgan fingerprint density at radius 2 is 1.78 bits per heavy atom. The summed E-state index contributed by atoms with van der Waals surface area (Å²) in [7, 11) is 0. The first-order valence-electron chi connectivity index (χ1n) is 8.27. The molecule has 2 nitrogen and oxygen atoms in total. The Kier molecular flexibility index (Phi) is 4.75. The first kappa shape index (κ1) is 15.7. The highest BCUT2D eigenvalue weighted by Crippen LogP contribution is 2.24. The van der Waals surface area contributed by atoms with Crippen LogP contribution in [0.4, 0.5) is 4.39 Å². The molecule has 120 valence electrons. The van der Waals surface area contributed by atoms with Crippen molar-refractivity contribution in [1.82, 2.24) is 5.32 Å². The Hall–Kier alpha value is -2.16. The number of benzene rings is 2. The predicted octanol–water partition coefficient (Wildman–Crippen LogP) is 4.12. The van der Waals surface area contributed by atoms with Crippen LogP contribution in [0.3, 0.4) is 0 Å². The lowest BCUT2D eigenvalue weighted by Crippen LogP contribution is -2.28. The van der Waals surface area contributed by atoms with Crippen molar-refractivity contribution in [3.05, 3.63) is 70.5 Å². The molecule has 0 aliphatic heterocycles. The molecule has 0 unspecified atom stereocenters. The fourth-order valence-corrected chi connectivity index (χ4v) is 3.19. The average molecular weight is 311 g/mol. The molecule has 1 aliphatic carbocycles. The maximum atomic E-state index is 12.9. The Morgan fingerprint density at radius 1 is 1.09 bits per heavy atom. The molecule has 1 N–H and O–H groups in total. The second kappa shape index (κ2) is 6.95. The van der Waals surface area contributed by atoms with E-state index in [0.717, 1.165) is 17.5 Å². The molecule has 2 aromatic carbocycles. The number of nitrogens with one attached hydrogen (secondary N) is 1. The average Bonchev–Trinajstić information content (AvgIpc) is 2.56. The Labute approximate surface area is 136 Å². The minimum absolute atomic E-state index is 0.0184. The molecule has 0 aromatic heterocycles. The molecule has 23 heavy (non-hydrogen) atoms. The first-order chi connectivity index (χ1) is 11.1. The van der Waals surface area contributed by atoms with Crippen LogP contribution >= 0.6 is 0 Å². The number of hydrogen-bond acceptors (Lipinski definition) is 1. The number of amides is 1. The highest BCUT2D eigenvalue weighted by atomic mass is 19.1. The summed E-state index contributed by atoms with van der Waals surface area (Å²) in [6.07, 6.45) is 5.11. The third-order valence-corrected chi connectivity index (χ3v) is 4.53. The van der Waals surface area contributed by atoms with Crippen LogP contribution in [-0.4, -0.2) is 5.91 Å².